The number of H-pyrrole nitrogens is 1. The molecule has 0 unspecified atom stereocenters. The second kappa shape index (κ2) is 3.02. The van der Waals surface area contributed by atoms with Crippen molar-refractivity contribution in [3.05, 3.63) is 48.3 Å². The lowest BCUT2D eigenvalue weighted by molar-refractivity contribution is -0.343. The first-order valence-electron chi connectivity index (χ1n) is 5.01. The third-order valence-corrected chi connectivity index (χ3v) is 2.63. The van der Waals surface area contributed by atoms with E-state index in [4.69, 9.17) is 0 Å². The molecule has 2 nitrogen and oxygen atoms in total. The molecule has 3 aromatic rings. The van der Waals surface area contributed by atoms with Gasteiger partial charge in [0, 0.05) is 22.5 Å². The monoisotopic (exact) mass is 195 g/mol. The largest absolute Gasteiger partial charge is 0.246 e. The van der Waals surface area contributed by atoms with Crippen LogP contribution in [-0.4, -0.2) is 4.98 Å². The van der Waals surface area contributed by atoms with E-state index in [0.29, 0.717) is 0 Å². The number of nitrogens with zero attached hydrogens (tertiary/aromatic N) is 1. The highest BCUT2D eigenvalue weighted by Gasteiger charge is 2.06. The minimum atomic E-state index is 1.05. The molecule has 72 valence electrons. The van der Waals surface area contributed by atoms with Crippen LogP contribution in [0.1, 0.15) is 5.69 Å². The number of pyridine rings is 2. The van der Waals surface area contributed by atoms with Gasteiger partial charge in [0.25, 0.3) is 0 Å². The summed E-state index contributed by atoms with van der Waals surface area (Å²) in [6, 6.07) is 12.5. The van der Waals surface area contributed by atoms with Gasteiger partial charge in [-0.3, -0.25) is 0 Å². The van der Waals surface area contributed by atoms with E-state index in [0.717, 1.165) is 16.7 Å². The lowest BCUT2D eigenvalue weighted by atomic mass is 10.1. The maximum absolute atomic E-state index is 4.57. The molecule has 15 heavy (non-hydrogen) atoms. The van der Waals surface area contributed by atoms with E-state index < -0.39 is 0 Å². The summed E-state index contributed by atoms with van der Waals surface area (Å²) in [7, 11) is 0. The Bertz CT molecular complexity index is 644. The molecule has 0 spiro atoms. The van der Waals surface area contributed by atoms with Gasteiger partial charge in [-0.15, -0.1) is 0 Å². The Morgan fingerprint density at radius 3 is 2.73 bits per heavy atom. The van der Waals surface area contributed by atoms with Gasteiger partial charge in [0.05, 0.1) is 0 Å². The molecule has 0 atom stereocenters. The number of aryl methyl sites for hydroxylation is 1. The molecule has 0 bridgehead atoms. The fraction of sp³-hybridized carbons (Fsp3) is 0.0769. The van der Waals surface area contributed by atoms with Crippen molar-refractivity contribution in [2.24, 2.45) is 0 Å². The Labute approximate surface area is 87.6 Å². The van der Waals surface area contributed by atoms with Crippen molar-refractivity contribution in [3.8, 4) is 0 Å². The van der Waals surface area contributed by atoms with Crippen molar-refractivity contribution in [3.63, 3.8) is 0 Å². The first kappa shape index (κ1) is 8.36. The van der Waals surface area contributed by atoms with Crippen molar-refractivity contribution in [1.29, 1.82) is 0 Å². The van der Waals surface area contributed by atoms with Crippen molar-refractivity contribution in [2.45, 2.75) is 6.92 Å². The SMILES string of the molecule is Cc1ccc2ccc3ccc[nH+]c3c2n1. The van der Waals surface area contributed by atoms with Crippen LogP contribution in [-0.2, 0) is 0 Å². The molecule has 0 aliphatic rings. The number of aromatic amines is 1. The van der Waals surface area contributed by atoms with Crippen LogP contribution < -0.4 is 4.98 Å². The number of hydrogen-bond donors (Lipinski definition) is 0. The van der Waals surface area contributed by atoms with E-state index in [-0.39, 0.29) is 0 Å². The standard InChI is InChI=1S/C13H10N2/c1-9-4-5-11-7-6-10-3-2-8-14-12(10)13(11)15-9/h2-8H,1H3/p+1. The Balaban J connectivity index is 2.57. The Hall–Kier alpha value is -1.96. The van der Waals surface area contributed by atoms with Crippen molar-refractivity contribution in [1.82, 2.24) is 4.98 Å². The van der Waals surface area contributed by atoms with Crippen LogP contribution in [0, 0.1) is 6.92 Å². The normalized spacial score (nSPS) is 11.0. The molecule has 0 saturated carbocycles. The molecule has 1 aromatic carbocycles. The van der Waals surface area contributed by atoms with E-state index in [9.17, 15) is 0 Å². The van der Waals surface area contributed by atoms with Gasteiger partial charge in [-0.05, 0) is 25.1 Å². The molecule has 0 amide bonds. The summed E-state index contributed by atoms with van der Waals surface area (Å²) in [6.45, 7) is 2.02. The zero-order valence-electron chi connectivity index (χ0n) is 8.49. The van der Waals surface area contributed by atoms with Crippen LogP contribution in [0.4, 0.5) is 0 Å². The minimum Gasteiger partial charge on any atom is -0.246 e. The zero-order valence-corrected chi connectivity index (χ0v) is 8.49. The number of benzene rings is 1. The molecule has 0 aliphatic carbocycles. The maximum atomic E-state index is 4.57. The quantitative estimate of drug-likeness (QED) is 0.506. The lowest BCUT2D eigenvalue weighted by Crippen LogP contribution is -2.02. The third kappa shape index (κ3) is 1.26. The van der Waals surface area contributed by atoms with E-state index in [1.54, 1.807) is 0 Å². The fourth-order valence-electron chi connectivity index (χ4n) is 1.88. The average molecular weight is 195 g/mol. The average Bonchev–Trinajstić information content (AvgIpc) is 2.29. The van der Waals surface area contributed by atoms with Gasteiger partial charge in [0.2, 0.25) is 5.52 Å². The fourth-order valence-corrected chi connectivity index (χ4v) is 1.88. The molecule has 1 N–H and O–H groups in total. The molecule has 0 saturated heterocycles. The summed E-state index contributed by atoms with van der Waals surface area (Å²) in [4.78, 5) is 7.83. The van der Waals surface area contributed by atoms with Crippen molar-refractivity contribution >= 4 is 21.8 Å². The van der Waals surface area contributed by atoms with Gasteiger partial charge in [0.15, 0.2) is 6.20 Å². The summed E-state index contributed by atoms with van der Waals surface area (Å²) < 4.78 is 0. The maximum Gasteiger partial charge on any atom is 0.237 e. The van der Waals surface area contributed by atoms with Gasteiger partial charge >= 0.3 is 0 Å². The summed E-state index contributed by atoms with van der Waals surface area (Å²) in [5, 5.41) is 2.37. The molecular formula is C13H11N2+. The Kier molecular flexibility index (Phi) is 1.68. The van der Waals surface area contributed by atoms with Gasteiger partial charge in [0.1, 0.15) is 5.52 Å². The predicted molar refractivity (Wildman–Crippen MR) is 60.5 cm³/mol. The smallest absolute Gasteiger partial charge is 0.237 e. The van der Waals surface area contributed by atoms with Crippen LogP contribution in [0.3, 0.4) is 0 Å². The highest BCUT2D eigenvalue weighted by molar-refractivity contribution is 6.00. The zero-order chi connectivity index (χ0) is 10.3. The number of nitrogens with one attached hydrogen (secondary N) is 1. The summed E-state index contributed by atoms with van der Waals surface area (Å²) >= 11 is 0. The van der Waals surface area contributed by atoms with Gasteiger partial charge in [-0.25, -0.2) is 9.97 Å². The molecular weight excluding hydrogens is 184 g/mol. The molecule has 0 aliphatic heterocycles. The van der Waals surface area contributed by atoms with E-state index in [1.165, 1.54) is 10.8 Å². The number of aromatic nitrogens is 2. The Morgan fingerprint density at radius 2 is 1.80 bits per heavy atom. The van der Waals surface area contributed by atoms with Crippen LogP contribution in [0.2, 0.25) is 0 Å². The number of rotatable bonds is 0. The molecule has 2 aromatic heterocycles. The Morgan fingerprint density at radius 1 is 1.00 bits per heavy atom. The molecule has 0 fully saturated rings. The van der Waals surface area contributed by atoms with Gasteiger partial charge < -0.3 is 0 Å². The first-order valence-corrected chi connectivity index (χ1v) is 5.01. The van der Waals surface area contributed by atoms with Gasteiger partial charge in [-0.2, -0.15) is 0 Å². The van der Waals surface area contributed by atoms with Crippen LogP contribution >= 0.6 is 0 Å². The summed E-state index contributed by atoms with van der Waals surface area (Å²) in [5.41, 5.74) is 3.21. The third-order valence-electron chi connectivity index (χ3n) is 2.63. The highest BCUT2D eigenvalue weighted by Crippen LogP contribution is 2.19. The number of fused-ring (bicyclic) bond motifs is 3. The van der Waals surface area contributed by atoms with Crippen LogP contribution in [0.5, 0.6) is 0 Å². The topological polar surface area (TPSA) is 27.0 Å². The molecule has 0 radical (unpaired) electrons. The second-order valence-corrected chi connectivity index (χ2v) is 3.72. The number of hydrogen-bond acceptors (Lipinski definition) is 1. The highest BCUT2D eigenvalue weighted by atomic mass is 14.7. The summed E-state index contributed by atoms with van der Waals surface area (Å²) in [6.07, 6.45) is 1.94. The summed E-state index contributed by atoms with van der Waals surface area (Å²) in [5.74, 6) is 0. The van der Waals surface area contributed by atoms with E-state index in [2.05, 4.69) is 34.2 Å². The lowest BCUT2D eigenvalue weighted by Gasteiger charge is -1.98. The molecule has 3 rings (SSSR count). The predicted octanol–water partition coefficient (Wildman–Crippen LogP) is 2.51. The van der Waals surface area contributed by atoms with E-state index in [1.807, 2.05) is 25.3 Å². The molecule has 2 heteroatoms. The molecule has 2 heterocycles. The first-order chi connectivity index (χ1) is 7.34. The van der Waals surface area contributed by atoms with Crippen molar-refractivity contribution < 1.29 is 4.98 Å². The van der Waals surface area contributed by atoms with Crippen LogP contribution in [0.25, 0.3) is 21.8 Å². The minimum absolute atomic E-state index is 1.05. The van der Waals surface area contributed by atoms with Gasteiger partial charge in [-0.1, -0.05) is 12.1 Å². The van der Waals surface area contributed by atoms with Crippen molar-refractivity contribution in [2.75, 3.05) is 0 Å². The van der Waals surface area contributed by atoms with E-state index >= 15 is 0 Å². The van der Waals surface area contributed by atoms with Crippen LogP contribution in [0.15, 0.2) is 42.6 Å². The second-order valence-electron chi connectivity index (χ2n) is 3.72.